The molecular weight excluding hydrogens is 328 g/mol. The molecule has 7 heteroatoms. The number of pyridine rings is 1. The monoisotopic (exact) mass is 344 g/mol. The first-order chi connectivity index (χ1) is 12.8. The van der Waals surface area contributed by atoms with Gasteiger partial charge in [-0.05, 0) is 24.3 Å². The van der Waals surface area contributed by atoms with E-state index in [9.17, 15) is 4.79 Å². The van der Waals surface area contributed by atoms with E-state index >= 15 is 0 Å². The number of hydrogen-bond acceptors (Lipinski definition) is 4. The zero-order valence-electron chi connectivity index (χ0n) is 13.9. The third kappa shape index (κ3) is 3.36. The van der Waals surface area contributed by atoms with Crippen molar-refractivity contribution in [3.05, 3.63) is 90.9 Å². The molecule has 4 rings (SSSR count). The second kappa shape index (κ2) is 7.02. The molecule has 0 bridgehead atoms. The Morgan fingerprint density at radius 1 is 1.12 bits per heavy atom. The van der Waals surface area contributed by atoms with Crippen LogP contribution in [0.15, 0.2) is 79.8 Å². The first-order valence-corrected chi connectivity index (χ1v) is 8.11. The Kier molecular flexibility index (Phi) is 4.26. The lowest BCUT2D eigenvalue weighted by Gasteiger charge is -2.06. The Morgan fingerprint density at radius 2 is 2.00 bits per heavy atom. The molecule has 0 spiro atoms. The van der Waals surface area contributed by atoms with Gasteiger partial charge in [-0.3, -0.25) is 9.36 Å². The molecule has 4 aromatic rings. The van der Waals surface area contributed by atoms with Gasteiger partial charge in [-0.25, -0.2) is 14.6 Å². The fourth-order valence-electron chi connectivity index (χ4n) is 2.55. The highest BCUT2D eigenvalue weighted by molar-refractivity contribution is 5.94. The van der Waals surface area contributed by atoms with Crippen LogP contribution in [0.5, 0.6) is 0 Å². The lowest BCUT2D eigenvalue weighted by molar-refractivity contribution is 0.0951. The molecule has 1 amide bonds. The number of para-hydroxylation sites is 1. The number of carbonyl (C=O) groups is 1. The zero-order valence-corrected chi connectivity index (χ0v) is 13.9. The van der Waals surface area contributed by atoms with E-state index in [1.165, 1.54) is 0 Å². The molecule has 3 heterocycles. The van der Waals surface area contributed by atoms with Gasteiger partial charge in [0, 0.05) is 42.5 Å². The molecule has 0 radical (unpaired) electrons. The van der Waals surface area contributed by atoms with Crippen molar-refractivity contribution in [1.82, 2.24) is 29.6 Å². The quantitative estimate of drug-likeness (QED) is 0.603. The first kappa shape index (κ1) is 15.8. The van der Waals surface area contributed by atoms with E-state index in [-0.39, 0.29) is 5.91 Å². The standard InChI is InChI=1S/C19H16N6O/c26-19(16-6-7-21-18(10-16)24-9-8-20-14-24)22-11-15-12-23-25(13-15)17-4-2-1-3-5-17/h1-10,12-14H,11H2,(H,22,26). The molecule has 3 aromatic heterocycles. The maximum atomic E-state index is 12.4. The third-order valence-corrected chi connectivity index (χ3v) is 3.89. The van der Waals surface area contributed by atoms with Gasteiger partial charge in [-0.1, -0.05) is 18.2 Å². The van der Waals surface area contributed by atoms with Crippen LogP contribution in [-0.2, 0) is 6.54 Å². The minimum absolute atomic E-state index is 0.166. The highest BCUT2D eigenvalue weighted by Crippen LogP contribution is 2.09. The van der Waals surface area contributed by atoms with Crippen molar-refractivity contribution in [3.8, 4) is 11.5 Å². The zero-order chi connectivity index (χ0) is 17.8. The van der Waals surface area contributed by atoms with Gasteiger partial charge in [0.05, 0.1) is 11.9 Å². The van der Waals surface area contributed by atoms with E-state index in [0.29, 0.717) is 17.9 Å². The molecule has 1 N–H and O–H groups in total. The van der Waals surface area contributed by atoms with Crippen molar-refractivity contribution in [1.29, 1.82) is 0 Å². The van der Waals surface area contributed by atoms with Crippen molar-refractivity contribution < 1.29 is 4.79 Å². The minimum Gasteiger partial charge on any atom is -0.348 e. The summed E-state index contributed by atoms with van der Waals surface area (Å²) in [6, 6.07) is 13.2. The molecule has 0 fully saturated rings. The molecular formula is C19H16N6O. The predicted molar refractivity (Wildman–Crippen MR) is 96.1 cm³/mol. The van der Waals surface area contributed by atoms with E-state index in [1.807, 2.05) is 36.5 Å². The first-order valence-electron chi connectivity index (χ1n) is 8.11. The van der Waals surface area contributed by atoms with Gasteiger partial charge in [0.15, 0.2) is 0 Å². The van der Waals surface area contributed by atoms with Crippen molar-refractivity contribution in [2.75, 3.05) is 0 Å². The Balaban J connectivity index is 1.43. The van der Waals surface area contributed by atoms with Crippen LogP contribution in [0.4, 0.5) is 0 Å². The van der Waals surface area contributed by atoms with E-state index < -0.39 is 0 Å². The van der Waals surface area contributed by atoms with E-state index in [0.717, 1.165) is 11.3 Å². The summed E-state index contributed by atoms with van der Waals surface area (Å²) in [4.78, 5) is 20.7. The second-order valence-electron chi connectivity index (χ2n) is 5.68. The Hall–Kier alpha value is -3.74. The summed E-state index contributed by atoms with van der Waals surface area (Å²) in [5.41, 5.74) is 2.44. The fraction of sp³-hybridized carbons (Fsp3) is 0.0526. The summed E-state index contributed by atoms with van der Waals surface area (Å²) in [5.74, 6) is 0.480. The Bertz CT molecular complexity index is 1010. The van der Waals surface area contributed by atoms with Gasteiger partial charge < -0.3 is 5.32 Å². The van der Waals surface area contributed by atoms with Crippen LogP contribution in [0.3, 0.4) is 0 Å². The van der Waals surface area contributed by atoms with Crippen molar-refractivity contribution in [2.45, 2.75) is 6.54 Å². The number of amides is 1. The van der Waals surface area contributed by atoms with Crippen LogP contribution in [-0.4, -0.2) is 30.2 Å². The van der Waals surface area contributed by atoms with Gasteiger partial charge in [0.1, 0.15) is 12.1 Å². The third-order valence-electron chi connectivity index (χ3n) is 3.89. The number of carbonyl (C=O) groups excluding carboxylic acids is 1. The van der Waals surface area contributed by atoms with Gasteiger partial charge in [-0.15, -0.1) is 0 Å². The molecule has 0 aliphatic carbocycles. The van der Waals surface area contributed by atoms with Crippen LogP contribution in [0.2, 0.25) is 0 Å². The van der Waals surface area contributed by atoms with Gasteiger partial charge >= 0.3 is 0 Å². The molecule has 128 valence electrons. The van der Waals surface area contributed by atoms with Gasteiger partial charge in [0.2, 0.25) is 0 Å². The lowest BCUT2D eigenvalue weighted by atomic mass is 10.2. The average Bonchev–Trinajstić information content (AvgIpc) is 3.39. The summed E-state index contributed by atoms with van der Waals surface area (Å²) < 4.78 is 3.53. The summed E-state index contributed by atoms with van der Waals surface area (Å²) in [7, 11) is 0. The molecule has 26 heavy (non-hydrogen) atoms. The maximum absolute atomic E-state index is 12.4. The SMILES string of the molecule is O=C(NCc1cnn(-c2ccccc2)c1)c1ccnc(-n2ccnc2)c1. The summed E-state index contributed by atoms with van der Waals surface area (Å²) in [6.07, 6.45) is 10.3. The predicted octanol–water partition coefficient (Wildman–Crippen LogP) is 2.38. The van der Waals surface area contributed by atoms with Crippen molar-refractivity contribution in [2.24, 2.45) is 0 Å². The summed E-state index contributed by atoms with van der Waals surface area (Å²) in [5, 5.41) is 7.24. The smallest absolute Gasteiger partial charge is 0.251 e. The lowest BCUT2D eigenvalue weighted by Crippen LogP contribution is -2.22. The number of rotatable bonds is 5. The van der Waals surface area contributed by atoms with Crippen LogP contribution in [0.25, 0.3) is 11.5 Å². The molecule has 0 saturated heterocycles. The number of aromatic nitrogens is 5. The molecule has 0 saturated carbocycles. The highest BCUT2D eigenvalue weighted by Gasteiger charge is 2.09. The number of benzene rings is 1. The normalized spacial score (nSPS) is 10.6. The van der Waals surface area contributed by atoms with Gasteiger partial charge in [0.25, 0.3) is 5.91 Å². The van der Waals surface area contributed by atoms with Crippen LogP contribution >= 0.6 is 0 Å². The number of imidazole rings is 1. The largest absolute Gasteiger partial charge is 0.348 e. The van der Waals surface area contributed by atoms with Crippen molar-refractivity contribution in [3.63, 3.8) is 0 Å². The fourth-order valence-corrected chi connectivity index (χ4v) is 2.55. The Labute approximate surface area is 150 Å². The van der Waals surface area contributed by atoms with Crippen molar-refractivity contribution >= 4 is 5.91 Å². The van der Waals surface area contributed by atoms with Gasteiger partial charge in [-0.2, -0.15) is 5.10 Å². The molecule has 0 aliphatic heterocycles. The van der Waals surface area contributed by atoms with E-state index in [1.54, 1.807) is 52.5 Å². The van der Waals surface area contributed by atoms with Crippen LogP contribution in [0, 0.1) is 0 Å². The summed E-state index contributed by atoms with van der Waals surface area (Å²) >= 11 is 0. The highest BCUT2D eigenvalue weighted by atomic mass is 16.1. The molecule has 7 nitrogen and oxygen atoms in total. The minimum atomic E-state index is -0.166. The maximum Gasteiger partial charge on any atom is 0.251 e. The molecule has 0 aliphatic rings. The molecule has 1 aromatic carbocycles. The topological polar surface area (TPSA) is 77.6 Å². The number of hydrogen-bond donors (Lipinski definition) is 1. The Morgan fingerprint density at radius 3 is 2.81 bits per heavy atom. The number of nitrogens with zero attached hydrogens (tertiary/aromatic N) is 5. The van der Waals surface area contributed by atoms with Crippen LogP contribution < -0.4 is 5.32 Å². The van der Waals surface area contributed by atoms with Crippen LogP contribution in [0.1, 0.15) is 15.9 Å². The second-order valence-corrected chi connectivity index (χ2v) is 5.68. The molecule has 0 unspecified atom stereocenters. The molecule has 0 atom stereocenters. The van der Waals surface area contributed by atoms with E-state index in [2.05, 4.69) is 20.4 Å². The average molecular weight is 344 g/mol. The summed E-state index contributed by atoms with van der Waals surface area (Å²) in [6.45, 7) is 0.397. The van der Waals surface area contributed by atoms with E-state index in [4.69, 9.17) is 0 Å². The number of nitrogens with one attached hydrogen (secondary N) is 1.